The van der Waals surface area contributed by atoms with Crippen molar-refractivity contribution in [2.24, 2.45) is 0 Å². The average molecular weight is 184 g/mol. The van der Waals surface area contributed by atoms with Crippen LogP contribution in [0.1, 0.15) is 12.8 Å². The predicted octanol–water partition coefficient (Wildman–Crippen LogP) is 0.339. The van der Waals surface area contributed by atoms with Crippen molar-refractivity contribution in [3.8, 4) is 0 Å². The number of nitrogens with zero attached hydrogens (tertiary/aromatic N) is 1. The topological polar surface area (TPSA) is 52.6 Å². The van der Waals surface area contributed by atoms with Gasteiger partial charge in [-0.2, -0.15) is 0 Å². The molecule has 1 rings (SSSR count). The number of likely N-dealkylation sites (tertiary alicyclic amines) is 1. The van der Waals surface area contributed by atoms with Crippen LogP contribution in [0.2, 0.25) is 0 Å². The Morgan fingerprint density at radius 2 is 2.54 bits per heavy atom. The van der Waals surface area contributed by atoms with Crippen LogP contribution in [0.3, 0.4) is 0 Å². The maximum Gasteiger partial charge on any atom is 0.317 e. The molecule has 74 valence electrons. The molecule has 13 heavy (non-hydrogen) atoms. The Balaban J connectivity index is 2.32. The maximum atomic E-state index is 11.4. The Bertz CT molecular complexity index is 194. The van der Waals surface area contributed by atoms with Crippen molar-refractivity contribution in [2.75, 3.05) is 19.6 Å². The third-order valence-corrected chi connectivity index (χ3v) is 2.08. The highest BCUT2D eigenvalue weighted by Crippen LogP contribution is 2.09. The van der Waals surface area contributed by atoms with Gasteiger partial charge in [0.2, 0.25) is 0 Å². The summed E-state index contributed by atoms with van der Waals surface area (Å²) in [4.78, 5) is 13.0. The first-order valence-electron chi connectivity index (χ1n) is 4.55. The molecule has 1 fully saturated rings. The molecule has 1 aliphatic heterocycles. The standard InChI is InChI=1S/C9H16N2O2/c1-2-5-10-9(13)11-6-3-4-8(12)7-11/h2,8,12H,1,3-7H2,(H,10,13). The van der Waals surface area contributed by atoms with Gasteiger partial charge < -0.3 is 15.3 Å². The molecule has 1 saturated heterocycles. The SMILES string of the molecule is C=CCNC(=O)N1CCCC(O)C1. The second kappa shape index (κ2) is 4.87. The first-order valence-corrected chi connectivity index (χ1v) is 4.55. The summed E-state index contributed by atoms with van der Waals surface area (Å²) in [5, 5.41) is 12.0. The molecule has 0 aromatic rings. The van der Waals surface area contributed by atoms with Crippen LogP contribution in [-0.4, -0.2) is 41.8 Å². The number of aliphatic hydroxyl groups excluding tert-OH is 1. The van der Waals surface area contributed by atoms with Crippen molar-refractivity contribution >= 4 is 6.03 Å². The van der Waals surface area contributed by atoms with Crippen LogP contribution in [0.4, 0.5) is 4.79 Å². The molecule has 0 saturated carbocycles. The third kappa shape index (κ3) is 3.06. The van der Waals surface area contributed by atoms with Crippen molar-refractivity contribution in [1.29, 1.82) is 0 Å². The van der Waals surface area contributed by atoms with Gasteiger partial charge >= 0.3 is 6.03 Å². The highest BCUT2D eigenvalue weighted by molar-refractivity contribution is 5.74. The molecule has 1 aliphatic rings. The Hall–Kier alpha value is -1.03. The minimum atomic E-state index is -0.358. The zero-order chi connectivity index (χ0) is 9.68. The van der Waals surface area contributed by atoms with Crippen molar-refractivity contribution in [3.05, 3.63) is 12.7 Å². The maximum absolute atomic E-state index is 11.4. The summed E-state index contributed by atoms with van der Waals surface area (Å²) >= 11 is 0. The number of β-amino-alcohol motifs (C(OH)–C–C–N with tert-alkyl or cyclic N) is 1. The van der Waals surface area contributed by atoms with Gasteiger partial charge in [0.05, 0.1) is 6.10 Å². The molecular weight excluding hydrogens is 168 g/mol. The molecule has 4 nitrogen and oxygen atoms in total. The Labute approximate surface area is 78.2 Å². The molecule has 0 aromatic carbocycles. The van der Waals surface area contributed by atoms with E-state index < -0.39 is 0 Å². The number of carbonyl (C=O) groups is 1. The van der Waals surface area contributed by atoms with Gasteiger partial charge in [-0.15, -0.1) is 6.58 Å². The van der Waals surface area contributed by atoms with E-state index in [0.717, 1.165) is 19.4 Å². The van der Waals surface area contributed by atoms with Crippen molar-refractivity contribution in [3.63, 3.8) is 0 Å². The van der Waals surface area contributed by atoms with Gasteiger partial charge in [-0.05, 0) is 12.8 Å². The number of hydrogen-bond acceptors (Lipinski definition) is 2. The van der Waals surface area contributed by atoms with Gasteiger partial charge in [0.25, 0.3) is 0 Å². The van der Waals surface area contributed by atoms with Gasteiger partial charge in [0, 0.05) is 19.6 Å². The van der Waals surface area contributed by atoms with Crippen LogP contribution >= 0.6 is 0 Å². The molecule has 1 unspecified atom stereocenters. The van der Waals surface area contributed by atoms with Crippen LogP contribution < -0.4 is 5.32 Å². The van der Waals surface area contributed by atoms with Crippen LogP contribution in [-0.2, 0) is 0 Å². The van der Waals surface area contributed by atoms with Gasteiger partial charge in [0.15, 0.2) is 0 Å². The summed E-state index contributed by atoms with van der Waals surface area (Å²) in [5.41, 5.74) is 0. The molecule has 2 amide bonds. The first-order chi connectivity index (χ1) is 6.24. The van der Waals surface area contributed by atoms with Crippen LogP contribution in [0, 0.1) is 0 Å². The smallest absolute Gasteiger partial charge is 0.317 e. The third-order valence-electron chi connectivity index (χ3n) is 2.08. The summed E-state index contributed by atoms with van der Waals surface area (Å²) in [7, 11) is 0. The lowest BCUT2D eigenvalue weighted by atomic mass is 10.1. The largest absolute Gasteiger partial charge is 0.391 e. The van der Waals surface area contributed by atoms with E-state index in [4.69, 9.17) is 0 Å². The van der Waals surface area contributed by atoms with E-state index in [0.29, 0.717) is 13.1 Å². The van der Waals surface area contributed by atoms with E-state index in [1.54, 1.807) is 11.0 Å². The van der Waals surface area contributed by atoms with Gasteiger partial charge in [-0.25, -0.2) is 4.79 Å². The molecule has 1 atom stereocenters. The molecule has 0 aliphatic carbocycles. The van der Waals surface area contributed by atoms with Crippen LogP contribution in [0.5, 0.6) is 0 Å². The Morgan fingerprint density at radius 1 is 1.77 bits per heavy atom. The molecule has 0 spiro atoms. The summed E-state index contributed by atoms with van der Waals surface area (Å²) in [6.45, 7) is 5.17. The van der Waals surface area contributed by atoms with E-state index in [-0.39, 0.29) is 12.1 Å². The highest BCUT2D eigenvalue weighted by Gasteiger charge is 2.21. The highest BCUT2D eigenvalue weighted by atomic mass is 16.3. The number of hydrogen-bond donors (Lipinski definition) is 2. The summed E-state index contributed by atoms with van der Waals surface area (Å²) in [6.07, 6.45) is 2.95. The van der Waals surface area contributed by atoms with Crippen molar-refractivity contribution in [1.82, 2.24) is 10.2 Å². The van der Waals surface area contributed by atoms with Gasteiger partial charge in [-0.1, -0.05) is 6.08 Å². The quantitative estimate of drug-likeness (QED) is 0.608. The lowest BCUT2D eigenvalue weighted by Gasteiger charge is -2.29. The average Bonchev–Trinajstić information content (AvgIpc) is 2.14. The van der Waals surface area contributed by atoms with E-state index in [9.17, 15) is 9.90 Å². The molecule has 1 heterocycles. The molecular formula is C9H16N2O2. The lowest BCUT2D eigenvalue weighted by molar-refractivity contribution is 0.0846. The molecule has 0 radical (unpaired) electrons. The van der Waals surface area contributed by atoms with E-state index in [1.807, 2.05) is 0 Å². The summed E-state index contributed by atoms with van der Waals surface area (Å²) in [5.74, 6) is 0. The normalized spacial score (nSPS) is 22.5. The zero-order valence-corrected chi connectivity index (χ0v) is 7.70. The van der Waals surface area contributed by atoms with Crippen LogP contribution in [0.25, 0.3) is 0 Å². The summed E-state index contributed by atoms with van der Waals surface area (Å²) < 4.78 is 0. The molecule has 0 aromatic heterocycles. The minimum Gasteiger partial charge on any atom is -0.391 e. The fraction of sp³-hybridized carbons (Fsp3) is 0.667. The van der Waals surface area contributed by atoms with Gasteiger partial charge in [0.1, 0.15) is 0 Å². The lowest BCUT2D eigenvalue weighted by Crippen LogP contribution is -2.47. The number of piperidine rings is 1. The number of amides is 2. The first kappa shape index (κ1) is 10.1. The summed E-state index contributed by atoms with van der Waals surface area (Å²) in [6, 6.07) is -0.112. The number of urea groups is 1. The monoisotopic (exact) mass is 184 g/mol. The number of carbonyl (C=O) groups excluding carboxylic acids is 1. The minimum absolute atomic E-state index is 0.112. The number of rotatable bonds is 2. The molecule has 0 bridgehead atoms. The Kier molecular flexibility index (Phi) is 3.76. The Morgan fingerprint density at radius 3 is 3.15 bits per heavy atom. The zero-order valence-electron chi connectivity index (χ0n) is 7.70. The van der Waals surface area contributed by atoms with Crippen LogP contribution in [0.15, 0.2) is 12.7 Å². The fourth-order valence-electron chi connectivity index (χ4n) is 1.41. The second-order valence-corrected chi connectivity index (χ2v) is 3.22. The number of aliphatic hydroxyl groups is 1. The fourth-order valence-corrected chi connectivity index (χ4v) is 1.41. The van der Waals surface area contributed by atoms with E-state index in [2.05, 4.69) is 11.9 Å². The van der Waals surface area contributed by atoms with Crippen molar-refractivity contribution < 1.29 is 9.90 Å². The number of nitrogens with one attached hydrogen (secondary N) is 1. The van der Waals surface area contributed by atoms with Crippen molar-refractivity contribution in [2.45, 2.75) is 18.9 Å². The van der Waals surface area contributed by atoms with E-state index >= 15 is 0 Å². The predicted molar refractivity (Wildman–Crippen MR) is 50.4 cm³/mol. The van der Waals surface area contributed by atoms with E-state index in [1.165, 1.54) is 0 Å². The van der Waals surface area contributed by atoms with Gasteiger partial charge in [-0.3, -0.25) is 0 Å². The second-order valence-electron chi connectivity index (χ2n) is 3.22. The molecule has 4 heteroatoms. The molecule has 2 N–H and O–H groups in total.